The van der Waals surface area contributed by atoms with Gasteiger partial charge in [0.2, 0.25) is 5.60 Å². The number of rotatable bonds is 13. The number of likely N-dealkylation sites (tertiary alicyclic amines) is 2. The van der Waals surface area contributed by atoms with Gasteiger partial charge in [-0.1, -0.05) is 38.1 Å². The van der Waals surface area contributed by atoms with Gasteiger partial charge in [0.15, 0.2) is 0 Å². The number of nitriles is 1. The van der Waals surface area contributed by atoms with E-state index in [1.54, 1.807) is 25.1 Å². The van der Waals surface area contributed by atoms with Gasteiger partial charge in [0.25, 0.3) is 11.8 Å². The maximum Gasteiger partial charge on any atom is 0.425 e. The summed E-state index contributed by atoms with van der Waals surface area (Å²) >= 11 is 0.377. The predicted octanol–water partition coefficient (Wildman–Crippen LogP) is 9.50. The van der Waals surface area contributed by atoms with Crippen molar-refractivity contribution in [2.45, 2.75) is 101 Å². The van der Waals surface area contributed by atoms with Gasteiger partial charge in [0.05, 0.1) is 41.0 Å². The van der Waals surface area contributed by atoms with Crippen LogP contribution >= 0.6 is 11.3 Å². The number of hydrogen-bond acceptors (Lipinski definition) is 8. The Balaban J connectivity index is 1.29. The summed E-state index contributed by atoms with van der Waals surface area (Å²) < 4.78 is 96.1. The summed E-state index contributed by atoms with van der Waals surface area (Å²) in [5.74, 6) is -1.21. The Morgan fingerprint density at radius 2 is 1.77 bits per heavy atom. The molecule has 2 aromatic heterocycles. The maximum atomic E-state index is 15.0. The highest BCUT2D eigenvalue weighted by molar-refractivity contribution is 7.10. The predicted molar refractivity (Wildman–Crippen MR) is 199 cm³/mol. The molecule has 0 radical (unpaired) electrons. The van der Waals surface area contributed by atoms with Crippen molar-refractivity contribution in [1.29, 1.82) is 5.26 Å². The molecule has 16 heteroatoms. The molecule has 0 bridgehead atoms. The number of para-hydroxylation sites is 1. The number of halogens is 6. The van der Waals surface area contributed by atoms with Crippen molar-refractivity contribution < 1.29 is 50.5 Å². The number of hydrogen-bond donors (Lipinski definition) is 1. The van der Waals surface area contributed by atoms with Crippen LogP contribution in [-0.2, 0) is 22.6 Å². The summed E-state index contributed by atoms with van der Waals surface area (Å²) in [5.41, 5.74) is -4.57. The van der Waals surface area contributed by atoms with Crippen LogP contribution in [0, 0.1) is 16.7 Å². The van der Waals surface area contributed by atoms with Crippen LogP contribution in [0.2, 0.25) is 0 Å². The molecular weight excluding hydrogens is 775 g/mol. The molecule has 1 aliphatic carbocycles. The number of aliphatic hydroxyl groups excluding tert-OH is 1. The zero-order valence-electron chi connectivity index (χ0n) is 31.4. The van der Waals surface area contributed by atoms with Crippen LogP contribution in [0.1, 0.15) is 97.5 Å². The number of carbonyl (C=O) groups excluding carboxylic acids is 2. The number of thiophene rings is 1. The standard InChI is InChI=1S/C41H44F6N4O5S/c1-3-8-33-39(56-28-23-34(57-25-28)41(45,46)47,13-6-19-51(33)35(53)29-24-49-18-11-30(29)40(42,43)44)36(54)50-20-16-38(26-48,17-21-50)31-9-4-5-10-32(31)55-22-7-12-37(14-15-37)27(2)52/h4-5,9-11,18,23-25,33,52H,2-3,6-8,12-17,19-22H2,1H3/t33-,39+/m1/s1. The molecule has 4 heterocycles. The smallest absolute Gasteiger partial charge is 0.425 e. The molecule has 57 heavy (non-hydrogen) atoms. The fourth-order valence-electron chi connectivity index (χ4n) is 8.32. The molecule has 9 nitrogen and oxygen atoms in total. The molecule has 3 aliphatic rings. The number of pyridine rings is 1. The summed E-state index contributed by atoms with van der Waals surface area (Å²) in [5, 5.41) is 21.7. The summed E-state index contributed by atoms with van der Waals surface area (Å²) in [4.78, 5) is 34.6. The minimum Gasteiger partial charge on any atom is -0.512 e. The van der Waals surface area contributed by atoms with Gasteiger partial charge < -0.3 is 24.4 Å². The highest BCUT2D eigenvalue weighted by Crippen LogP contribution is 2.54. The van der Waals surface area contributed by atoms with E-state index in [1.807, 2.05) is 6.07 Å². The summed E-state index contributed by atoms with van der Waals surface area (Å²) in [6, 6.07) is 9.94. The van der Waals surface area contributed by atoms with Crippen LogP contribution in [0.25, 0.3) is 0 Å². The number of benzene rings is 1. The molecule has 6 rings (SSSR count). The zero-order valence-corrected chi connectivity index (χ0v) is 32.2. The average molecular weight is 819 g/mol. The Morgan fingerprint density at radius 3 is 2.39 bits per heavy atom. The molecule has 2 amide bonds. The van der Waals surface area contributed by atoms with Gasteiger partial charge in [-0.25, -0.2) is 0 Å². The van der Waals surface area contributed by atoms with Gasteiger partial charge in [0.1, 0.15) is 16.4 Å². The van der Waals surface area contributed by atoms with E-state index in [4.69, 9.17) is 9.47 Å². The van der Waals surface area contributed by atoms with Crippen LogP contribution in [0.5, 0.6) is 11.5 Å². The first kappa shape index (κ1) is 41.8. The van der Waals surface area contributed by atoms with Crippen LogP contribution in [0.3, 0.4) is 0 Å². The second-order valence-electron chi connectivity index (χ2n) is 15.1. The number of carbonyl (C=O) groups is 2. The topological polar surface area (TPSA) is 116 Å². The molecule has 3 fully saturated rings. The number of nitrogens with zero attached hydrogens (tertiary/aromatic N) is 4. The van der Waals surface area contributed by atoms with Gasteiger partial charge in [0, 0.05) is 60.9 Å². The number of alkyl halides is 6. The monoisotopic (exact) mass is 818 g/mol. The lowest BCUT2D eigenvalue weighted by atomic mass is 9.72. The van der Waals surface area contributed by atoms with Gasteiger partial charge in [-0.3, -0.25) is 14.6 Å². The third-order valence-corrected chi connectivity index (χ3v) is 12.6. The Bertz CT molecular complexity index is 2000. The molecule has 2 saturated heterocycles. The number of amides is 2. The fourth-order valence-corrected chi connectivity index (χ4v) is 8.99. The molecule has 1 aromatic carbocycles. The Kier molecular flexibility index (Phi) is 11.9. The van der Waals surface area contributed by atoms with Crippen LogP contribution in [-0.4, -0.2) is 69.6 Å². The minimum absolute atomic E-state index is 0.0296. The lowest BCUT2D eigenvalue weighted by molar-refractivity contribution is -0.160. The van der Waals surface area contributed by atoms with Gasteiger partial charge in [-0.15, -0.1) is 11.3 Å². The Morgan fingerprint density at radius 1 is 1.05 bits per heavy atom. The van der Waals surface area contributed by atoms with Crippen molar-refractivity contribution in [2.75, 3.05) is 26.2 Å². The number of aliphatic hydroxyl groups is 1. The molecule has 306 valence electrons. The third kappa shape index (κ3) is 8.44. The van der Waals surface area contributed by atoms with E-state index < -0.39 is 57.2 Å². The summed E-state index contributed by atoms with van der Waals surface area (Å²) in [6.45, 7) is 5.85. The van der Waals surface area contributed by atoms with Gasteiger partial charge in [-0.2, -0.15) is 31.6 Å². The Hall–Kier alpha value is -4.78. The number of piperidine rings is 2. The SMILES string of the molecule is C=C(O)C1(CCCOc2ccccc2C2(C#N)CCN(C(=O)[C@]3(Oc4csc(C(F)(F)F)c4)CCCN(C(=O)c4cnccc4C(F)(F)F)[C@@H]3CCC)CC2)CC1. The molecule has 1 saturated carbocycles. The summed E-state index contributed by atoms with van der Waals surface area (Å²) in [7, 11) is 0. The lowest BCUT2D eigenvalue weighted by Crippen LogP contribution is -2.68. The van der Waals surface area contributed by atoms with Crippen molar-refractivity contribution in [3.05, 3.63) is 88.1 Å². The molecule has 0 spiro atoms. The minimum atomic E-state index is -4.89. The normalized spacial score (nSPS) is 21.7. The van der Waals surface area contributed by atoms with Crippen molar-refractivity contribution in [3.63, 3.8) is 0 Å². The molecular formula is C41H44F6N4O5S. The molecule has 2 aliphatic heterocycles. The van der Waals surface area contributed by atoms with Gasteiger partial charge >= 0.3 is 12.4 Å². The highest BCUT2D eigenvalue weighted by Gasteiger charge is 2.57. The van der Waals surface area contributed by atoms with E-state index in [9.17, 15) is 41.5 Å². The molecule has 0 unspecified atom stereocenters. The van der Waals surface area contributed by atoms with Crippen LogP contribution < -0.4 is 9.47 Å². The number of ether oxygens (including phenoxy) is 2. The Labute approximate surface area is 330 Å². The van der Waals surface area contributed by atoms with Gasteiger partial charge in [-0.05, 0) is 63.5 Å². The van der Waals surface area contributed by atoms with E-state index >= 15 is 4.79 Å². The number of allylic oxidation sites excluding steroid dienone is 1. The summed E-state index contributed by atoms with van der Waals surface area (Å²) in [6.07, 6.45) is -3.88. The molecule has 1 N–H and O–H groups in total. The largest absolute Gasteiger partial charge is 0.512 e. The van der Waals surface area contributed by atoms with E-state index in [-0.39, 0.29) is 68.7 Å². The van der Waals surface area contributed by atoms with Crippen molar-refractivity contribution >= 4 is 23.2 Å². The van der Waals surface area contributed by atoms with E-state index in [2.05, 4.69) is 17.6 Å². The quantitative estimate of drug-likeness (QED) is 0.104. The maximum absolute atomic E-state index is 15.0. The highest BCUT2D eigenvalue weighted by atomic mass is 32.1. The van der Waals surface area contributed by atoms with Crippen molar-refractivity contribution in [2.24, 2.45) is 5.41 Å². The fraction of sp³-hybridized carbons (Fsp3) is 0.512. The first-order chi connectivity index (χ1) is 27.0. The second-order valence-corrected chi connectivity index (χ2v) is 16.0. The zero-order chi connectivity index (χ0) is 41.2. The van der Waals surface area contributed by atoms with E-state index in [0.717, 1.165) is 36.7 Å². The number of aromatic nitrogens is 1. The van der Waals surface area contributed by atoms with Crippen LogP contribution in [0.4, 0.5) is 26.3 Å². The average Bonchev–Trinajstić information content (AvgIpc) is 3.84. The van der Waals surface area contributed by atoms with Crippen molar-refractivity contribution in [3.8, 4) is 17.6 Å². The first-order valence-corrected chi connectivity index (χ1v) is 19.9. The van der Waals surface area contributed by atoms with Crippen LogP contribution in [0.15, 0.2) is 66.5 Å². The second kappa shape index (κ2) is 16.2. The lowest BCUT2D eigenvalue weighted by Gasteiger charge is -2.51. The van der Waals surface area contributed by atoms with E-state index in [1.165, 1.54) is 9.80 Å². The van der Waals surface area contributed by atoms with Crippen molar-refractivity contribution in [1.82, 2.24) is 14.8 Å². The van der Waals surface area contributed by atoms with E-state index in [0.29, 0.717) is 54.6 Å². The molecule has 3 aromatic rings. The first-order valence-electron chi connectivity index (χ1n) is 19.0. The third-order valence-electron chi connectivity index (χ3n) is 11.6. The molecule has 2 atom stereocenters.